The van der Waals surface area contributed by atoms with Gasteiger partial charge in [-0.3, -0.25) is 4.68 Å². The molecule has 8 heteroatoms. The van der Waals surface area contributed by atoms with Crippen LogP contribution in [0.5, 0.6) is 0 Å². The molecule has 2 rings (SSSR count). The second kappa shape index (κ2) is 6.76. The first-order valence-corrected chi connectivity index (χ1v) is 8.91. The fourth-order valence-electron chi connectivity index (χ4n) is 2.75. The third-order valence-electron chi connectivity index (χ3n) is 3.97. The van der Waals surface area contributed by atoms with E-state index in [1.54, 1.807) is 7.05 Å². The molecule has 21 heavy (non-hydrogen) atoms. The molecule has 120 valence electrons. The van der Waals surface area contributed by atoms with E-state index in [1.165, 1.54) is 30.1 Å². The number of rotatable bonds is 6. The zero-order valence-corrected chi connectivity index (χ0v) is 13.6. The quantitative estimate of drug-likeness (QED) is 0.748. The highest BCUT2D eigenvalue weighted by atomic mass is 32.2. The van der Waals surface area contributed by atoms with Crippen LogP contribution in [0.4, 0.5) is 5.82 Å². The van der Waals surface area contributed by atoms with Gasteiger partial charge in [0.25, 0.3) is 0 Å². The summed E-state index contributed by atoms with van der Waals surface area (Å²) < 4.78 is 28.2. The molecule has 0 bridgehead atoms. The molecule has 1 unspecified atom stereocenters. The summed E-state index contributed by atoms with van der Waals surface area (Å²) in [6, 6.07) is 0.601. The molecule has 1 fully saturated rings. The first-order valence-electron chi connectivity index (χ1n) is 7.43. The summed E-state index contributed by atoms with van der Waals surface area (Å²) >= 11 is 0. The van der Waals surface area contributed by atoms with Gasteiger partial charge in [0.1, 0.15) is 4.90 Å². The molecule has 0 aliphatic carbocycles. The van der Waals surface area contributed by atoms with Crippen LogP contribution in [0.2, 0.25) is 0 Å². The van der Waals surface area contributed by atoms with Crippen molar-refractivity contribution in [2.24, 2.45) is 7.05 Å². The predicted octanol–water partition coefficient (Wildman–Crippen LogP) is 0.545. The summed E-state index contributed by atoms with van der Waals surface area (Å²) in [6.45, 7) is 4.69. The SMILES string of the molecule is CC1CCCCN1CCCNS(=O)(=O)c1cn(C)nc1N. The average Bonchev–Trinajstić information content (AvgIpc) is 2.76. The van der Waals surface area contributed by atoms with E-state index in [9.17, 15) is 8.42 Å². The van der Waals surface area contributed by atoms with Crippen molar-refractivity contribution in [1.29, 1.82) is 0 Å². The lowest BCUT2D eigenvalue weighted by atomic mass is 10.0. The van der Waals surface area contributed by atoms with Crippen LogP contribution < -0.4 is 10.5 Å². The Hall–Kier alpha value is -1.12. The molecular formula is C13H25N5O2S. The van der Waals surface area contributed by atoms with Crippen LogP contribution in [0.15, 0.2) is 11.1 Å². The second-order valence-electron chi connectivity index (χ2n) is 5.68. The zero-order chi connectivity index (χ0) is 15.5. The van der Waals surface area contributed by atoms with Crippen LogP contribution in [-0.4, -0.2) is 48.8 Å². The molecule has 7 nitrogen and oxygen atoms in total. The normalized spacial score (nSPS) is 20.8. The minimum absolute atomic E-state index is 0.0367. The van der Waals surface area contributed by atoms with Gasteiger partial charge < -0.3 is 10.6 Å². The number of aryl methyl sites for hydroxylation is 1. The lowest BCUT2D eigenvalue weighted by molar-refractivity contribution is 0.159. The third-order valence-corrected chi connectivity index (χ3v) is 5.44. The van der Waals surface area contributed by atoms with Crippen LogP contribution in [0.25, 0.3) is 0 Å². The number of anilines is 1. The molecule has 1 aromatic rings. The van der Waals surface area contributed by atoms with Gasteiger partial charge in [-0.1, -0.05) is 6.42 Å². The number of piperidine rings is 1. The fraction of sp³-hybridized carbons (Fsp3) is 0.769. The van der Waals surface area contributed by atoms with Gasteiger partial charge >= 0.3 is 0 Å². The van der Waals surface area contributed by atoms with Crippen molar-refractivity contribution in [2.75, 3.05) is 25.4 Å². The number of aromatic nitrogens is 2. The molecule has 0 saturated carbocycles. The van der Waals surface area contributed by atoms with Gasteiger partial charge in [0.2, 0.25) is 10.0 Å². The minimum atomic E-state index is -3.56. The number of nitrogens with two attached hydrogens (primary N) is 1. The fourth-order valence-corrected chi connectivity index (χ4v) is 3.92. The molecule has 3 N–H and O–H groups in total. The Morgan fingerprint density at radius 1 is 1.48 bits per heavy atom. The van der Waals surface area contributed by atoms with Crippen LogP contribution in [0, 0.1) is 0 Å². The van der Waals surface area contributed by atoms with E-state index in [0.29, 0.717) is 12.6 Å². The third kappa shape index (κ3) is 4.18. The first-order chi connectivity index (χ1) is 9.90. The zero-order valence-electron chi connectivity index (χ0n) is 12.7. The van der Waals surface area contributed by atoms with Crippen molar-refractivity contribution in [2.45, 2.75) is 43.5 Å². The van der Waals surface area contributed by atoms with Gasteiger partial charge in [0.05, 0.1) is 0 Å². The number of hydrogen-bond acceptors (Lipinski definition) is 5. The van der Waals surface area contributed by atoms with E-state index in [2.05, 4.69) is 21.6 Å². The Morgan fingerprint density at radius 2 is 2.24 bits per heavy atom. The largest absolute Gasteiger partial charge is 0.381 e. The summed E-state index contributed by atoms with van der Waals surface area (Å²) in [5.74, 6) is 0.0367. The monoisotopic (exact) mass is 315 g/mol. The molecule has 1 atom stereocenters. The van der Waals surface area contributed by atoms with Crippen molar-refractivity contribution in [3.8, 4) is 0 Å². The number of nitrogens with one attached hydrogen (secondary N) is 1. The summed E-state index contributed by atoms with van der Waals surface area (Å²) in [6.07, 6.45) is 5.99. The summed E-state index contributed by atoms with van der Waals surface area (Å²) in [5, 5.41) is 3.86. The molecule has 1 aromatic heterocycles. The van der Waals surface area contributed by atoms with Gasteiger partial charge in [0.15, 0.2) is 5.82 Å². The number of likely N-dealkylation sites (tertiary alicyclic amines) is 1. The lowest BCUT2D eigenvalue weighted by Gasteiger charge is -2.33. The Morgan fingerprint density at radius 3 is 2.86 bits per heavy atom. The Bertz CT molecular complexity index is 569. The van der Waals surface area contributed by atoms with Crippen molar-refractivity contribution >= 4 is 15.8 Å². The molecule has 1 aliphatic heterocycles. The molecule has 0 radical (unpaired) electrons. The topological polar surface area (TPSA) is 93.2 Å². The Kier molecular flexibility index (Phi) is 5.23. The van der Waals surface area contributed by atoms with Gasteiger partial charge in [0, 0.05) is 25.8 Å². The molecular weight excluding hydrogens is 290 g/mol. The van der Waals surface area contributed by atoms with E-state index >= 15 is 0 Å². The average molecular weight is 315 g/mol. The van der Waals surface area contributed by atoms with Crippen LogP contribution >= 0.6 is 0 Å². The highest BCUT2D eigenvalue weighted by molar-refractivity contribution is 7.89. The summed E-state index contributed by atoms with van der Waals surface area (Å²) in [5.41, 5.74) is 5.61. The van der Waals surface area contributed by atoms with E-state index in [0.717, 1.165) is 19.5 Å². The summed E-state index contributed by atoms with van der Waals surface area (Å²) in [7, 11) is -1.92. The standard InChI is InChI=1S/C13H25N5O2S/c1-11-6-3-4-8-18(11)9-5-7-15-21(19,20)12-10-17(2)16-13(12)14/h10-11,15H,3-9H2,1-2H3,(H2,14,16). The second-order valence-corrected chi connectivity index (χ2v) is 7.42. The highest BCUT2D eigenvalue weighted by Crippen LogP contribution is 2.17. The highest BCUT2D eigenvalue weighted by Gasteiger charge is 2.21. The van der Waals surface area contributed by atoms with Crippen molar-refractivity contribution in [3.63, 3.8) is 0 Å². The minimum Gasteiger partial charge on any atom is -0.381 e. The van der Waals surface area contributed by atoms with Gasteiger partial charge in [-0.05, 0) is 39.3 Å². The molecule has 0 spiro atoms. The number of nitrogens with zero attached hydrogens (tertiary/aromatic N) is 3. The van der Waals surface area contributed by atoms with Crippen LogP contribution in [0.3, 0.4) is 0 Å². The van der Waals surface area contributed by atoms with Crippen LogP contribution in [-0.2, 0) is 17.1 Å². The molecule has 0 amide bonds. The lowest BCUT2D eigenvalue weighted by Crippen LogP contribution is -2.39. The Balaban J connectivity index is 1.81. The maximum Gasteiger partial charge on any atom is 0.245 e. The summed E-state index contributed by atoms with van der Waals surface area (Å²) in [4.78, 5) is 2.48. The molecule has 0 aromatic carbocycles. The number of sulfonamides is 1. The van der Waals surface area contributed by atoms with Crippen molar-refractivity contribution < 1.29 is 8.42 Å². The predicted molar refractivity (Wildman–Crippen MR) is 82.3 cm³/mol. The van der Waals surface area contributed by atoms with E-state index in [1.807, 2.05) is 0 Å². The van der Waals surface area contributed by atoms with Crippen LogP contribution in [0.1, 0.15) is 32.6 Å². The maximum atomic E-state index is 12.1. The molecule has 1 saturated heterocycles. The Labute approximate surface area is 126 Å². The van der Waals surface area contributed by atoms with E-state index in [4.69, 9.17) is 5.73 Å². The first kappa shape index (κ1) is 16.3. The van der Waals surface area contributed by atoms with E-state index < -0.39 is 10.0 Å². The van der Waals surface area contributed by atoms with Gasteiger partial charge in [-0.2, -0.15) is 5.10 Å². The van der Waals surface area contributed by atoms with Crippen molar-refractivity contribution in [3.05, 3.63) is 6.20 Å². The molecule has 1 aliphatic rings. The van der Waals surface area contributed by atoms with Gasteiger partial charge in [-0.25, -0.2) is 13.1 Å². The maximum absolute atomic E-state index is 12.1. The van der Waals surface area contributed by atoms with Crippen molar-refractivity contribution in [1.82, 2.24) is 19.4 Å². The smallest absolute Gasteiger partial charge is 0.245 e. The van der Waals surface area contributed by atoms with Gasteiger partial charge in [-0.15, -0.1) is 0 Å². The number of hydrogen-bond donors (Lipinski definition) is 2. The number of nitrogen functional groups attached to an aromatic ring is 1. The van der Waals surface area contributed by atoms with E-state index in [-0.39, 0.29) is 10.7 Å². The molecule has 2 heterocycles.